The molecule has 118 valence electrons. The minimum Gasteiger partial charge on any atom is -0.480 e. The smallest absolute Gasteiger partial charge is 0.322 e. The summed E-state index contributed by atoms with van der Waals surface area (Å²) in [4.78, 5) is 36.4. The van der Waals surface area contributed by atoms with Crippen molar-refractivity contribution in [1.82, 2.24) is 10.2 Å². The van der Waals surface area contributed by atoms with Crippen LogP contribution in [0.2, 0.25) is 10.0 Å². The molecule has 0 saturated carbocycles. The first kappa shape index (κ1) is 16.6. The molecule has 0 bridgehead atoms. The topological polar surface area (TPSA) is 86.7 Å². The number of carboxylic acid groups (broad SMARTS) is 1. The first-order chi connectivity index (χ1) is 10.4. The van der Waals surface area contributed by atoms with Crippen molar-refractivity contribution >= 4 is 41.0 Å². The van der Waals surface area contributed by atoms with Crippen molar-refractivity contribution in [3.8, 4) is 0 Å². The predicted molar refractivity (Wildman–Crippen MR) is 81.2 cm³/mol. The van der Waals surface area contributed by atoms with Crippen molar-refractivity contribution < 1.29 is 19.5 Å². The highest BCUT2D eigenvalue weighted by Crippen LogP contribution is 2.25. The Kier molecular flexibility index (Phi) is 5.26. The molecule has 2 amide bonds. The summed E-state index contributed by atoms with van der Waals surface area (Å²) in [5.41, 5.74) is 0.340. The molecule has 22 heavy (non-hydrogen) atoms. The minimum atomic E-state index is -1.13. The van der Waals surface area contributed by atoms with Crippen molar-refractivity contribution in [3.05, 3.63) is 33.8 Å². The van der Waals surface area contributed by atoms with Gasteiger partial charge in [0.15, 0.2) is 0 Å². The number of carbonyl (C=O) groups excluding carboxylic acids is 2. The molecule has 1 saturated heterocycles. The Morgan fingerprint density at radius 2 is 2.00 bits per heavy atom. The van der Waals surface area contributed by atoms with Gasteiger partial charge in [-0.2, -0.15) is 0 Å². The lowest BCUT2D eigenvalue weighted by Gasteiger charge is -2.24. The van der Waals surface area contributed by atoms with Crippen LogP contribution >= 0.6 is 23.2 Å². The van der Waals surface area contributed by atoms with E-state index < -0.39 is 24.5 Å². The minimum absolute atomic E-state index is 0.263. The standard InChI is InChI=1S/C14H14Cl2N2O4/c15-9-4-3-8(6-10(9)16)14(22)18-5-1-2-11(18)13(21)17-7-12(19)20/h3-4,6,11H,1-2,5,7H2,(H,17,21)(H,19,20). The lowest BCUT2D eigenvalue weighted by molar-refractivity contribution is -0.138. The highest BCUT2D eigenvalue weighted by molar-refractivity contribution is 6.42. The fraction of sp³-hybridized carbons (Fsp3) is 0.357. The molecule has 1 heterocycles. The van der Waals surface area contributed by atoms with Gasteiger partial charge in [-0.15, -0.1) is 0 Å². The molecule has 2 rings (SSSR count). The van der Waals surface area contributed by atoms with E-state index in [2.05, 4.69) is 5.32 Å². The Bertz CT molecular complexity index is 621. The third-order valence-electron chi connectivity index (χ3n) is 3.40. The van der Waals surface area contributed by atoms with E-state index in [0.717, 1.165) is 0 Å². The van der Waals surface area contributed by atoms with Gasteiger partial charge >= 0.3 is 5.97 Å². The van der Waals surface area contributed by atoms with Crippen molar-refractivity contribution in [2.75, 3.05) is 13.1 Å². The maximum atomic E-state index is 12.5. The normalized spacial score (nSPS) is 17.4. The van der Waals surface area contributed by atoms with Crippen LogP contribution in [0.1, 0.15) is 23.2 Å². The van der Waals surface area contributed by atoms with Crippen molar-refractivity contribution in [2.24, 2.45) is 0 Å². The van der Waals surface area contributed by atoms with E-state index in [9.17, 15) is 14.4 Å². The molecule has 1 aliphatic heterocycles. The maximum Gasteiger partial charge on any atom is 0.322 e. The summed E-state index contributed by atoms with van der Waals surface area (Å²) >= 11 is 11.7. The molecular formula is C14H14Cl2N2O4. The Balaban J connectivity index is 2.12. The molecule has 8 heteroatoms. The molecule has 1 unspecified atom stereocenters. The lowest BCUT2D eigenvalue weighted by Crippen LogP contribution is -2.47. The number of nitrogens with zero attached hydrogens (tertiary/aromatic N) is 1. The Morgan fingerprint density at radius 1 is 1.27 bits per heavy atom. The molecule has 1 fully saturated rings. The summed E-state index contributed by atoms with van der Waals surface area (Å²) in [7, 11) is 0. The van der Waals surface area contributed by atoms with Gasteiger partial charge in [-0.1, -0.05) is 23.2 Å². The monoisotopic (exact) mass is 344 g/mol. The van der Waals surface area contributed by atoms with Crippen LogP contribution < -0.4 is 5.32 Å². The second-order valence-corrected chi connectivity index (χ2v) is 5.71. The van der Waals surface area contributed by atoms with Crippen LogP contribution in [0, 0.1) is 0 Å². The number of hydrogen-bond donors (Lipinski definition) is 2. The predicted octanol–water partition coefficient (Wildman–Crippen LogP) is 1.80. The summed E-state index contributed by atoms with van der Waals surface area (Å²) in [5.74, 6) is -1.92. The van der Waals surface area contributed by atoms with Gasteiger partial charge in [-0.25, -0.2) is 0 Å². The molecule has 1 aromatic carbocycles. The number of likely N-dealkylation sites (tertiary alicyclic amines) is 1. The number of benzene rings is 1. The number of amides is 2. The third kappa shape index (κ3) is 3.69. The van der Waals surface area contributed by atoms with Gasteiger partial charge in [-0.3, -0.25) is 14.4 Å². The van der Waals surface area contributed by atoms with Crippen LogP contribution in [0.5, 0.6) is 0 Å². The second kappa shape index (κ2) is 6.98. The molecule has 1 aromatic rings. The number of rotatable bonds is 4. The van der Waals surface area contributed by atoms with Crippen LogP contribution in [0.3, 0.4) is 0 Å². The highest BCUT2D eigenvalue weighted by Gasteiger charge is 2.34. The van der Waals surface area contributed by atoms with Gasteiger partial charge in [-0.05, 0) is 31.0 Å². The first-order valence-corrected chi connectivity index (χ1v) is 7.41. The summed E-state index contributed by atoms with van der Waals surface area (Å²) < 4.78 is 0. The van der Waals surface area contributed by atoms with Crippen molar-refractivity contribution in [2.45, 2.75) is 18.9 Å². The van der Waals surface area contributed by atoms with Gasteiger partial charge in [0.05, 0.1) is 10.0 Å². The van der Waals surface area contributed by atoms with Gasteiger partial charge in [0.2, 0.25) is 5.91 Å². The number of carbonyl (C=O) groups is 3. The molecule has 0 radical (unpaired) electrons. The number of nitrogens with one attached hydrogen (secondary N) is 1. The van der Waals surface area contributed by atoms with E-state index >= 15 is 0 Å². The first-order valence-electron chi connectivity index (χ1n) is 6.65. The summed E-state index contributed by atoms with van der Waals surface area (Å²) in [5, 5.41) is 11.5. The number of carboxylic acids is 1. The Morgan fingerprint density at radius 3 is 2.64 bits per heavy atom. The van der Waals surface area contributed by atoms with Crippen LogP contribution in [0.4, 0.5) is 0 Å². The van der Waals surface area contributed by atoms with Crippen molar-refractivity contribution in [3.63, 3.8) is 0 Å². The lowest BCUT2D eigenvalue weighted by atomic mass is 10.1. The van der Waals surface area contributed by atoms with E-state index in [0.29, 0.717) is 30.0 Å². The summed E-state index contributed by atoms with van der Waals surface area (Å²) in [6.45, 7) is -0.0334. The average molecular weight is 345 g/mol. The van der Waals surface area contributed by atoms with E-state index in [-0.39, 0.29) is 10.9 Å². The fourth-order valence-corrected chi connectivity index (χ4v) is 2.66. The molecule has 2 N–H and O–H groups in total. The van der Waals surface area contributed by atoms with Crippen molar-refractivity contribution in [1.29, 1.82) is 0 Å². The highest BCUT2D eigenvalue weighted by atomic mass is 35.5. The van der Waals surface area contributed by atoms with Crippen LogP contribution in [0.15, 0.2) is 18.2 Å². The van der Waals surface area contributed by atoms with E-state index in [1.807, 2.05) is 0 Å². The second-order valence-electron chi connectivity index (χ2n) is 4.90. The zero-order valence-electron chi connectivity index (χ0n) is 11.5. The zero-order chi connectivity index (χ0) is 16.3. The Labute approximate surface area is 137 Å². The van der Waals surface area contributed by atoms with E-state index in [4.69, 9.17) is 28.3 Å². The number of hydrogen-bond acceptors (Lipinski definition) is 3. The third-order valence-corrected chi connectivity index (χ3v) is 4.14. The number of aliphatic carboxylic acids is 1. The molecule has 1 atom stereocenters. The Hall–Kier alpha value is -1.79. The average Bonchev–Trinajstić information content (AvgIpc) is 2.96. The van der Waals surface area contributed by atoms with Gasteiger partial charge in [0, 0.05) is 12.1 Å². The quantitative estimate of drug-likeness (QED) is 0.871. The SMILES string of the molecule is O=C(O)CNC(=O)C1CCCN1C(=O)c1ccc(Cl)c(Cl)c1. The number of halogens is 2. The summed E-state index contributed by atoms with van der Waals surface area (Å²) in [6.07, 6.45) is 1.18. The van der Waals surface area contributed by atoms with Gasteiger partial charge in [0.25, 0.3) is 5.91 Å². The van der Waals surface area contributed by atoms with Crippen LogP contribution in [0.25, 0.3) is 0 Å². The van der Waals surface area contributed by atoms with Crippen LogP contribution in [-0.4, -0.2) is 46.9 Å². The molecule has 0 spiro atoms. The molecule has 0 aromatic heterocycles. The largest absolute Gasteiger partial charge is 0.480 e. The molecule has 6 nitrogen and oxygen atoms in total. The molecule has 1 aliphatic rings. The van der Waals surface area contributed by atoms with Gasteiger partial charge < -0.3 is 15.3 Å². The van der Waals surface area contributed by atoms with Gasteiger partial charge in [0.1, 0.15) is 12.6 Å². The molecular weight excluding hydrogens is 331 g/mol. The van der Waals surface area contributed by atoms with Crippen LogP contribution in [-0.2, 0) is 9.59 Å². The van der Waals surface area contributed by atoms with E-state index in [1.54, 1.807) is 6.07 Å². The fourth-order valence-electron chi connectivity index (χ4n) is 2.36. The zero-order valence-corrected chi connectivity index (χ0v) is 13.0. The molecule has 0 aliphatic carbocycles. The maximum absolute atomic E-state index is 12.5. The summed E-state index contributed by atoms with van der Waals surface area (Å²) in [6, 6.07) is 3.85. The van der Waals surface area contributed by atoms with E-state index in [1.165, 1.54) is 17.0 Å².